The van der Waals surface area contributed by atoms with Crippen molar-refractivity contribution >= 4 is 41.5 Å². The Morgan fingerprint density at radius 2 is 1.94 bits per heavy atom. The molecule has 0 fully saturated rings. The third kappa shape index (κ3) is 7.70. The van der Waals surface area contributed by atoms with E-state index < -0.39 is 0 Å². The van der Waals surface area contributed by atoms with Gasteiger partial charge in [-0.3, -0.25) is 9.79 Å². The van der Waals surface area contributed by atoms with E-state index in [0.29, 0.717) is 25.7 Å². The Kier molecular flexibility index (Phi) is 10.6. The predicted molar refractivity (Wildman–Crippen MR) is 134 cm³/mol. The van der Waals surface area contributed by atoms with Crippen LogP contribution in [0.2, 0.25) is 0 Å². The average molecular weight is 538 g/mol. The first-order valence-corrected chi connectivity index (χ1v) is 10.2. The number of nitrogens with zero attached hydrogens (tertiary/aromatic N) is 2. The highest BCUT2D eigenvalue weighted by Gasteiger charge is 2.20. The molecule has 2 aromatic carbocycles. The van der Waals surface area contributed by atoms with E-state index in [1.54, 1.807) is 14.2 Å². The molecule has 1 aliphatic heterocycles. The fourth-order valence-corrected chi connectivity index (χ4v) is 3.35. The number of carbonyl (C=O) groups is 1. The summed E-state index contributed by atoms with van der Waals surface area (Å²) in [7, 11) is 3.36. The summed E-state index contributed by atoms with van der Waals surface area (Å²) in [5, 5.41) is 6.32. The number of methoxy groups -OCH3 is 1. The average Bonchev–Trinajstić information content (AvgIpc) is 2.79. The summed E-state index contributed by atoms with van der Waals surface area (Å²) in [6.45, 7) is 2.86. The highest BCUT2D eigenvalue weighted by atomic mass is 127. The van der Waals surface area contributed by atoms with Gasteiger partial charge in [0.25, 0.3) is 0 Å². The van der Waals surface area contributed by atoms with Crippen LogP contribution in [0.3, 0.4) is 0 Å². The molecular weight excluding hydrogens is 507 g/mol. The third-order valence-corrected chi connectivity index (χ3v) is 4.97. The van der Waals surface area contributed by atoms with E-state index in [4.69, 9.17) is 9.47 Å². The van der Waals surface area contributed by atoms with Crippen molar-refractivity contribution in [3.05, 3.63) is 59.7 Å². The molecule has 0 bridgehead atoms. The largest absolute Gasteiger partial charge is 0.493 e. The lowest BCUT2D eigenvalue weighted by molar-refractivity contribution is -0.130. The number of carbonyl (C=O) groups excluding carboxylic acids is 1. The first-order chi connectivity index (χ1) is 14.7. The SMILES string of the molecule is CN=C(NCC(=O)N1CCc2ccccc2C1)Nc1cccc(OCCCOC)c1.I. The molecular formula is C23H31IN4O3. The topological polar surface area (TPSA) is 75.2 Å². The molecule has 31 heavy (non-hydrogen) atoms. The van der Waals surface area contributed by atoms with Gasteiger partial charge in [-0.15, -0.1) is 24.0 Å². The summed E-state index contributed by atoms with van der Waals surface area (Å²) in [6.07, 6.45) is 1.73. The van der Waals surface area contributed by atoms with Gasteiger partial charge in [-0.1, -0.05) is 30.3 Å². The summed E-state index contributed by atoms with van der Waals surface area (Å²) >= 11 is 0. The molecule has 0 saturated heterocycles. The monoisotopic (exact) mass is 538 g/mol. The van der Waals surface area contributed by atoms with Gasteiger partial charge in [-0.05, 0) is 29.7 Å². The minimum atomic E-state index is 0. The molecule has 1 amide bonds. The lowest BCUT2D eigenvalue weighted by atomic mass is 10.00. The minimum absolute atomic E-state index is 0. The number of hydrogen-bond acceptors (Lipinski definition) is 4. The van der Waals surface area contributed by atoms with Crippen LogP contribution in [-0.2, 0) is 22.5 Å². The van der Waals surface area contributed by atoms with Crippen LogP contribution in [0.5, 0.6) is 5.75 Å². The van der Waals surface area contributed by atoms with Gasteiger partial charge in [-0.25, -0.2) is 0 Å². The Hall–Kier alpha value is -2.33. The zero-order chi connectivity index (χ0) is 21.2. The molecule has 0 unspecified atom stereocenters. The van der Waals surface area contributed by atoms with Crippen LogP contribution in [0, 0.1) is 0 Å². The first kappa shape index (κ1) is 24.9. The number of aliphatic imine (C=N–C) groups is 1. The van der Waals surface area contributed by atoms with Crippen LogP contribution in [0.1, 0.15) is 17.5 Å². The summed E-state index contributed by atoms with van der Waals surface area (Å²) in [6, 6.07) is 16.0. The number of amides is 1. The van der Waals surface area contributed by atoms with Gasteiger partial charge in [0.05, 0.1) is 13.2 Å². The summed E-state index contributed by atoms with van der Waals surface area (Å²) < 4.78 is 10.8. The number of hydrogen-bond donors (Lipinski definition) is 2. The minimum Gasteiger partial charge on any atom is -0.493 e. The van der Waals surface area contributed by atoms with E-state index in [0.717, 1.165) is 30.8 Å². The highest BCUT2D eigenvalue weighted by molar-refractivity contribution is 14.0. The lowest BCUT2D eigenvalue weighted by Crippen LogP contribution is -2.44. The molecule has 0 atom stereocenters. The molecule has 0 radical (unpaired) electrons. The van der Waals surface area contributed by atoms with E-state index in [1.807, 2.05) is 41.3 Å². The molecule has 0 saturated carbocycles. The second-order valence-corrected chi connectivity index (χ2v) is 7.11. The predicted octanol–water partition coefficient (Wildman–Crippen LogP) is 3.29. The van der Waals surface area contributed by atoms with E-state index in [-0.39, 0.29) is 36.4 Å². The molecule has 1 heterocycles. The molecule has 1 aliphatic rings. The van der Waals surface area contributed by atoms with Crippen LogP contribution in [0.4, 0.5) is 5.69 Å². The highest BCUT2D eigenvalue weighted by Crippen LogP contribution is 2.19. The molecule has 0 aliphatic carbocycles. The number of anilines is 1. The van der Waals surface area contributed by atoms with Gasteiger partial charge >= 0.3 is 0 Å². The van der Waals surface area contributed by atoms with Crippen molar-refractivity contribution in [1.29, 1.82) is 0 Å². The second kappa shape index (κ2) is 13.2. The van der Waals surface area contributed by atoms with E-state index in [2.05, 4.69) is 27.8 Å². The maximum absolute atomic E-state index is 12.7. The van der Waals surface area contributed by atoms with Gasteiger partial charge in [0.15, 0.2) is 5.96 Å². The van der Waals surface area contributed by atoms with E-state index in [1.165, 1.54) is 11.1 Å². The number of nitrogens with one attached hydrogen (secondary N) is 2. The van der Waals surface area contributed by atoms with Crippen molar-refractivity contribution in [1.82, 2.24) is 10.2 Å². The second-order valence-electron chi connectivity index (χ2n) is 7.11. The zero-order valence-electron chi connectivity index (χ0n) is 18.1. The fourth-order valence-electron chi connectivity index (χ4n) is 3.35. The number of fused-ring (bicyclic) bond motifs is 1. The van der Waals surface area contributed by atoms with Crippen LogP contribution in [0.15, 0.2) is 53.5 Å². The number of halogens is 1. The molecule has 0 aromatic heterocycles. The standard InChI is InChI=1S/C23H30N4O3.HI/c1-24-23(26-20-9-5-10-21(15-20)30-14-6-13-29-2)25-16-22(28)27-12-11-18-7-3-4-8-19(18)17-27;/h3-5,7-10,15H,6,11-14,16-17H2,1-2H3,(H2,24,25,26);1H. The summed E-state index contributed by atoms with van der Waals surface area (Å²) in [5.41, 5.74) is 3.39. The van der Waals surface area contributed by atoms with Crippen molar-refractivity contribution in [3.63, 3.8) is 0 Å². The quantitative estimate of drug-likeness (QED) is 0.234. The van der Waals surface area contributed by atoms with Crippen molar-refractivity contribution in [2.24, 2.45) is 4.99 Å². The number of guanidine groups is 1. The zero-order valence-corrected chi connectivity index (χ0v) is 20.4. The van der Waals surface area contributed by atoms with Crippen molar-refractivity contribution in [2.45, 2.75) is 19.4 Å². The first-order valence-electron chi connectivity index (χ1n) is 10.2. The van der Waals surface area contributed by atoms with E-state index in [9.17, 15) is 4.79 Å². The van der Waals surface area contributed by atoms with Gasteiger partial charge in [0.2, 0.25) is 5.91 Å². The Morgan fingerprint density at radius 1 is 1.13 bits per heavy atom. The van der Waals surface area contributed by atoms with E-state index >= 15 is 0 Å². The Morgan fingerprint density at radius 3 is 2.71 bits per heavy atom. The molecule has 3 rings (SSSR count). The maximum Gasteiger partial charge on any atom is 0.242 e. The maximum atomic E-state index is 12.7. The molecule has 168 valence electrons. The van der Waals surface area contributed by atoms with Crippen molar-refractivity contribution in [3.8, 4) is 5.75 Å². The summed E-state index contributed by atoms with van der Waals surface area (Å²) in [5.74, 6) is 1.37. The van der Waals surface area contributed by atoms with Gasteiger partial charge in [0.1, 0.15) is 5.75 Å². The number of ether oxygens (including phenoxy) is 2. The van der Waals surface area contributed by atoms with Crippen molar-refractivity contribution in [2.75, 3.05) is 45.8 Å². The van der Waals surface area contributed by atoms with Crippen molar-refractivity contribution < 1.29 is 14.3 Å². The van der Waals surface area contributed by atoms with Gasteiger partial charge in [0, 0.05) is 52.0 Å². The molecule has 0 spiro atoms. The normalized spacial score (nSPS) is 13.1. The molecule has 7 nitrogen and oxygen atoms in total. The molecule has 2 N–H and O–H groups in total. The Bertz CT molecular complexity index is 875. The lowest BCUT2D eigenvalue weighted by Gasteiger charge is -2.29. The fraction of sp³-hybridized carbons (Fsp3) is 0.391. The molecule has 8 heteroatoms. The molecule has 2 aromatic rings. The smallest absolute Gasteiger partial charge is 0.242 e. The van der Waals surface area contributed by atoms with Crippen LogP contribution >= 0.6 is 24.0 Å². The van der Waals surface area contributed by atoms with Crippen LogP contribution in [-0.4, -0.2) is 57.2 Å². The Labute approximate surface area is 201 Å². The van der Waals surface area contributed by atoms with Crippen LogP contribution in [0.25, 0.3) is 0 Å². The summed E-state index contributed by atoms with van der Waals surface area (Å²) in [4.78, 5) is 18.8. The Balaban J connectivity index is 0.00000341. The van der Waals surface area contributed by atoms with Gasteiger partial charge < -0.3 is 25.0 Å². The number of benzene rings is 2. The number of rotatable bonds is 8. The van der Waals surface area contributed by atoms with Crippen LogP contribution < -0.4 is 15.4 Å². The third-order valence-electron chi connectivity index (χ3n) is 4.97. The van der Waals surface area contributed by atoms with Gasteiger partial charge in [-0.2, -0.15) is 0 Å².